The Kier molecular flexibility index (Phi) is 6.08. The number of amides is 1. The van der Waals surface area contributed by atoms with Gasteiger partial charge in [0, 0.05) is 19.1 Å². The molecule has 1 amide bonds. The molecule has 1 aliphatic heterocycles. The van der Waals surface area contributed by atoms with Gasteiger partial charge in [-0.05, 0) is 50.5 Å². The number of piperidine rings is 1. The smallest absolute Gasteiger partial charge is 0.265 e. The third-order valence-electron chi connectivity index (χ3n) is 5.22. The second-order valence-corrected chi connectivity index (χ2v) is 8.67. The minimum absolute atomic E-state index is 0.0499. The van der Waals surface area contributed by atoms with Gasteiger partial charge in [-0.25, -0.2) is 13.9 Å². The predicted molar refractivity (Wildman–Crippen MR) is 93.4 cm³/mol. The molecule has 0 spiro atoms. The van der Waals surface area contributed by atoms with E-state index in [2.05, 4.69) is 18.7 Å². The van der Waals surface area contributed by atoms with E-state index in [1.807, 2.05) is 0 Å². The summed E-state index contributed by atoms with van der Waals surface area (Å²) in [6.45, 7) is 5.12. The minimum atomic E-state index is -3.97. The van der Waals surface area contributed by atoms with Crippen LogP contribution >= 0.6 is 0 Å². The molecule has 1 atom stereocenters. The largest absolute Gasteiger partial charge is 0.497 e. The van der Waals surface area contributed by atoms with Crippen LogP contribution in [0.2, 0.25) is 0 Å². The molecule has 1 unspecified atom stereocenters. The molecule has 0 aliphatic carbocycles. The number of hydrogen-bond donors (Lipinski definition) is 2. The number of carbonyl (C=O) groups is 1. The van der Waals surface area contributed by atoms with Crippen LogP contribution in [0.4, 0.5) is 0 Å². The maximum atomic E-state index is 13.2. The van der Waals surface area contributed by atoms with Crippen LogP contribution in [0, 0.1) is 0 Å². The number of rotatable bonds is 6. The Hall–Kier alpha value is -1.64. The lowest BCUT2D eigenvalue weighted by Crippen LogP contribution is -2.58. The minimum Gasteiger partial charge on any atom is -0.497 e. The first kappa shape index (κ1) is 19.7. The van der Waals surface area contributed by atoms with Crippen molar-refractivity contribution in [1.29, 1.82) is 0 Å². The fourth-order valence-electron chi connectivity index (χ4n) is 3.28. The van der Waals surface area contributed by atoms with Gasteiger partial charge >= 0.3 is 0 Å². The van der Waals surface area contributed by atoms with Gasteiger partial charge in [0.1, 0.15) is 5.75 Å². The van der Waals surface area contributed by atoms with Gasteiger partial charge in [-0.2, -0.15) is 0 Å². The highest BCUT2D eigenvalue weighted by Crippen LogP contribution is 2.37. The van der Waals surface area contributed by atoms with E-state index in [-0.39, 0.29) is 17.7 Å². The van der Waals surface area contributed by atoms with Crippen LogP contribution < -0.4 is 10.2 Å². The highest BCUT2D eigenvalue weighted by atomic mass is 32.2. The van der Waals surface area contributed by atoms with Crippen molar-refractivity contribution in [3.8, 4) is 5.75 Å². The monoisotopic (exact) mass is 370 g/mol. The van der Waals surface area contributed by atoms with Crippen LogP contribution in [0.3, 0.4) is 0 Å². The van der Waals surface area contributed by atoms with Gasteiger partial charge in [0.2, 0.25) is 0 Å². The maximum absolute atomic E-state index is 13.2. The van der Waals surface area contributed by atoms with Crippen molar-refractivity contribution < 1.29 is 23.2 Å². The molecule has 140 valence electrons. The topological polar surface area (TPSA) is 95.9 Å². The van der Waals surface area contributed by atoms with Gasteiger partial charge in [0.15, 0.2) is 14.6 Å². The lowest BCUT2D eigenvalue weighted by Gasteiger charge is -2.41. The molecule has 1 aromatic carbocycles. The molecule has 1 heterocycles. The average molecular weight is 370 g/mol. The first-order valence-corrected chi connectivity index (χ1v) is 9.88. The molecule has 1 aliphatic rings. The summed E-state index contributed by atoms with van der Waals surface area (Å²) in [7, 11) is -2.48. The Labute approximate surface area is 148 Å². The first-order chi connectivity index (χ1) is 11.8. The van der Waals surface area contributed by atoms with Crippen LogP contribution in [0.1, 0.15) is 33.1 Å². The van der Waals surface area contributed by atoms with Crippen molar-refractivity contribution in [2.45, 2.75) is 48.8 Å². The third-order valence-corrected chi connectivity index (χ3v) is 7.73. The van der Waals surface area contributed by atoms with Crippen molar-refractivity contribution in [2.75, 3.05) is 20.2 Å². The van der Waals surface area contributed by atoms with Gasteiger partial charge in [0.05, 0.1) is 12.0 Å². The van der Waals surface area contributed by atoms with Crippen LogP contribution in [-0.2, 0) is 14.6 Å². The second kappa shape index (κ2) is 7.72. The van der Waals surface area contributed by atoms with Gasteiger partial charge in [0.25, 0.3) is 5.91 Å². The van der Waals surface area contributed by atoms with Crippen molar-refractivity contribution in [1.82, 2.24) is 10.4 Å². The number of hydrogen-bond acceptors (Lipinski definition) is 6. The Bertz CT molecular complexity index is 694. The molecule has 2 rings (SSSR count). The molecule has 0 bridgehead atoms. The average Bonchev–Trinajstić information content (AvgIpc) is 2.66. The summed E-state index contributed by atoms with van der Waals surface area (Å²) in [6, 6.07) is 6.28. The molecular formula is C17H26N2O5S. The molecule has 1 saturated heterocycles. The fraction of sp³-hybridized carbons (Fsp3) is 0.588. The number of likely N-dealkylation sites (tertiary alicyclic amines) is 1. The molecule has 0 saturated carbocycles. The maximum Gasteiger partial charge on any atom is 0.265 e. The zero-order valence-electron chi connectivity index (χ0n) is 14.9. The van der Waals surface area contributed by atoms with Crippen LogP contribution in [0.25, 0.3) is 0 Å². The molecular weight excluding hydrogens is 344 g/mol. The van der Waals surface area contributed by atoms with Crippen molar-refractivity contribution in [3.63, 3.8) is 0 Å². The third kappa shape index (κ3) is 3.51. The van der Waals surface area contributed by atoms with Crippen molar-refractivity contribution in [3.05, 3.63) is 24.3 Å². The SMILES string of the molecule is CCC(C)N1CCC(C(=O)NO)(S(=O)(=O)c2ccc(OC)cc2)CC1. The summed E-state index contributed by atoms with van der Waals surface area (Å²) < 4.78 is 29.8. The molecule has 0 aromatic heterocycles. The van der Waals surface area contributed by atoms with E-state index in [4.69, 9.17) is 9.94 Å². The van der Waals surface area contributed by atoms with Crippen LogP contribution in [-0.4, -0.2) is 55.4 Å². The van der Waals surface area contributed by atoms with E-state index >= 15 is 0 Å². The molecule has 2 N–H and O–H groups in total. The Morgan fingerprint density at radius 2 is 1.88 bits per heavy atom. The highest BCUT2D eigenvalue weighted by molar-refractivity contribution is 7.93. The zero-order chi connectivity index (χ0) is 18.7. The Morgan fingerprint density at radius 1 is 1.32 bits per heavy atom. The lowest BCUT2D eigenvalue weighted by molar-refractivity contribution is -0.133. The number of ether oxygens (including phenoxy) is 1. The molecule has 7 nitrogen and oxygen atoms in total. The molecule has 8 heteroatoms. The quantitative estimate of drug-likeness (QED) is 0.583. The first-order valence-electron chi connectivity index (χ1n) is 8.39. The number of nitrogens with one attached hydrogen (secondary N) is 1. The van der Waals surface area contributed by atoms with E-state index in [9.17, 15) is 13.2 Å². The molecule has 0 radical (unpaired) electrons. The van der Waals surface area contributed by atoms with Crippen molar-refractivity contribution >= 4 is 15.7 Å². The highest BCUT2D eigenvalue weighted by Gasteiger charge is 2.53. The van der Waals surface area contributed by atoms with Gasteiger partial charge in [-0.3, -0.25) is 10.0 Å². The van der Waals surface area contributed by atoms with Gasteiger partial charge < -0.3 is 9.64 Å². The summed E-state index contributed by atoms with van der Waals surface area (Å²) in [5, 5.41) is 9.17. The van der Waals surface area contributed by atoms with E-state index in [1.165, 1.54) is 19.2 Å². The normalized spacial score (nSPS) is 19.2. The number of hydroxylamine groups is 1. The molecule has 1 fully saturated rings. The predicted octanol–water partition coefficient (Wildman–Crippen LogP) is 1.61. The number of carbonyl (C=O) groups excluding carboxylic acids is 1. The number of benzene rings is 1. The Morgan fingerprint density at radius 3 is 2.32 bits per heavy atom. The molecule has 25 heavy (non-hydrogen) atoms. The van der Waals surface area contributed by atoms with E-state index < -0.39 is 20.5 Å². The van der Waals surface area contributed by atoms with Crippen molar-refractivity contribution in [2.24, 2.45) is 0 Å². The number of sulfone groups is 1. The fourth-order valence-corrected chi connectivity index (χ4v) is 5.24. The Balaban J connectivity index is 2.38. The van der Waals surface area contributed by atoms with E-state index in [0.29, 0.717) is 24.9 Å². The summed E-state index contributed by atoms with van der Waals surface area (Å²) in [5.74, 6) is -0.335. The van der Waals surface area contributed by atoms with E-state index in [1.54, 1.807) is 17.6 Å². The zero-order valence-corrected chi connectivity index (χ0v) is 15.7. The van der Waals surface area contributed by atoms with E-state index in [0.717, 1.165) is 6.42 Å². The summed E-state index contributed by atoms with van der Waals surface area (Å²) in [4.78, 5) is 14.6. The standard InChI is InChI=1S/C17H26N2O5S/c1-4-13(2)19-11-9-17(10-12-19,16(20)18-21)25(22,23)15-7-5-14(24-3)6-8-15/h5-8,13,21H,4,9-12H2,1-3H3,(H,18,20). The molecule has 1 aromatic rings. The van der Waals surface area contributed by atoms with Gasteiger partial charge in [-0.1, -0.05) is 6.92 Å². The summed E-state index contributed by atoms with van der Waals surface area (Å²) in [6.07, 6.45) is 1.22. The van der Waals surface area contributed by atoms with Crippen LogP contribution in [0.5, 0.6) is 5.75 Å². The van der Waals surface area contributed by atoms with Crippen LogP contribution in [0.15, 0.2) is 29.2 Å². The number of nitrogens with zero attached hydrogens (tertiary/aromatic N) is 1. The summed E-state index contributed by atoms with van der Waals surface area (Å²) >= 11 is 0. The number of methoxy groups -OCH3 is 1. The summed E-state index contributed by atoms with van der Waals surface area (Å²) in [5.41, 5.74) is 1.57. The lowest BCUT2D eigenvalue weighted by atomic mass is 9.93. The van der Waals surface area contributed by atoms with Gasteiger partial charge in [-0.15, -0.1) is 0 Å². The second-order valence-electron chi connectivity index (χ2n) is 6.41.